The third-order valence-electron chi connectivity index (χ3n) is 5.44. The maximum atomic E-state index is 12.7. The first-order valence-corrected chi connectivity index (χ1v) is 9.47. The highest BCUT2D eigenvalue weighted by atomic mass is 16.4. The van der Waals surface area contributed by atoms with E-state index < -0.39 is 5.97 Å². The van der Waals surface area contributed by atoms with Gasteiger partial charge in [0.1, 0.15) is 0 Å². The van der Waals surface area contributed by atoms with Crippen molar-refractivity contribution in [3.05, 3.63) is 29.8 Å². The highest BCUT2D eigenvalue weighted by molar-refractivity contribution is 5.79. The number of carboxylic acids is 1. The van der Waals surface area contributed by atoms with Crippen LogP contribution in [0.4, 0.5) is 5.69 Å². The van der Waals surface area contributed by atoms with E-state index >= 15 is 0 Å². The fourth-order valence-corrected chi connectivity index (χ4v) is 4.10. The van der Waals surface area contributed by atoms with Crippen molar-refractivity contribution in [1.29, 1.82) is 0 Å². The number of hydrogen-bond donors (Lipinski definition) is 1. The molecule has 6 nitrogen and oxygen atoms in total. The van der Waals surface area contributed by atoms with Crippen molar-refractivity contribution >= 4 is 17.6 Å². The van der Waals surface area contributed by atoms with E-state index in [0.29, 0.717) is 25.4 Å². The van der Waals surface area contributed by atoms with E-state index in [1.165, 1.54) is 11.3 Å². The minimum atomic E-state index is -0.749. The van der Waals surface area contributed by atoms with Gasteiger partial charge in [0.05, 0.1) is 12.5 Å². The third-order valence-corrected chi connectivity index (χ3v) is 5.44. The molecule has 1 amide bonds. The predicted molar refractivity (Wildman–Crippen MR) is 101 cm³/mol. The maximum Gasteiger partial charge on any atom is 0.307 e. The minimum absolute atomic E-state index is 0.118. The average molecular weight is 359 g/mol. The number of amides is 1. The molecule has 0 saturated carbocycles. The van der Waals surface area contributed by atoms with Crippen molar-refractivity contribution in [1.82, 2.24) is 9.80 Å². The standard InChI is InChI=1S/C20H29N3O3/c1-15-4-3-5-18(11-15)22-6-8-23(9-7-22)19(24)14-21-12-16(2)10-17(13-21)20(25)26/h3-5,11,16-17H,6-10,12-14H2,1-2H3,(H,25,26). The van der Waals surface area contributed by atoms with Crippen molar-refractivity contribution in [3.8, 4) is 0 Å². The van der Waals surface area contributed by atoms with Crippen LogP contribution in [0.3, 0.4) is 0 Å². The molecule has 0 spiro atoms. The Morgan fingerprint density at radius 1 is 1.15 bits per heavy atom. The van der Waals surface area contributed by atoms with Gasteiger partial charge >= 0.3 is 5.97 Å². The van der Waals surface area contributed by atoms with Gasteiger partial charge in [-0.05, 0) is 37.0 Å². The quantitative estimate of drug-likeness (QED) is 0.886. The highest BCUT2D eigenvalue weighted by Gasteiger charge is 2.31. The van der Waals surface area contributed by atoms with Gasteiger partial charge in [0.15, 0.2) is 0 Å². The van der Waals surface area contributed by atoms with Crippen molar-refractivity contribution < 1.29 is 14.7 Å². The summed E-state index contributed by atoms with van der Waals surface area (Å²) in [5.41, 5.74) is 2.46. The molecule has 6 heteroatoms. The summed E-state index contributed by atoms with van der Waals surface area (Å²) in [4.78, 5) is 30.2. The summed E-state index contributed by atoms with van der Waals surface area (Å²) < 4.78 is 0. The number of piperidine rings is 1. The summed E-state index contributed by atoms with van der Waals surface area (Å²) in [7, 11) is 0. The van der Waals surface area contributed by atoms with Crippen LogP contribution in [-0.4, -0.2) is 72.6 Å². The number of carbonyl (C=O) groups is 2. The number of hydrogen-bond acceptors (Lipinski definition) is 4. The Kier molecular flexibility index (Phi) is 5.81. The number of piperazine rings is 1. The zero-order chi connectivity index (χ0) is 18.7. The zero-order valence-electron chi connectivity index (χ0n) is 15.7. The Morgan fingerprint density at radius 3 is 2.54 bits per heavy atom. The molecule has 0 aliphatic carbocycles. The van der Waals surface area contributed by atoms with Crippen LogP contribution in [0.25, 0.3) is 0 Å². The Hall–Kier alpha value is -2.08. The lowest BCUT2D eigenvalue weighted by Crippen LogP contribution is -2.53. The van der Waals surface area contributed by atoms with Crippen LogP contribution in [0.1, 0.15) is 18.9 Å². The van der Waals surface area contributed by atoms with Gasteiger partial charge in [0, 0.05) is 45.0 Å². The van der Waals surface area contributed by atoms with Crippen LogP contribution < -0.4 is 4.90 Å². The van der Waals surface area contributed by atoms with E-state index in [1.807, 2.05) is 9.80 Å². The summed E-state index contributed by atoms with van der Waals surface area (Å²) in [5.74, 6) is -0.673. The normalized spacial score (nSPS) is 24.5. The third kappa shape index (κ3) is 4.55. The molecule has 0 aromatic heterocycles. The molecule has 2 saturated heterocycles. The van der Waals surface area contributed by atoms with Gasteiger partial charge in [-0.15, -0.1) is 0 Å². The first-order chi connectivity index (χ1) is 12.4. The molecular formula is C20H29N3O3. The first-order valence-electron chi connectivity index (χ1n) is 9.47. The van der Waals surface area contributed by atoms with Crippen molar-refractivity contribution in [2.45, 2.75) is 20.3 Å². The lowest BCUT2D eigenvalue weighted by Gasteiger charge is -2.39. The molecule has 0 radical (unpaired) electrons. The molecule has 2 unspecified atom stereocenters. The monoisotopic (exact) mass is 359 g/mol. The number of carbonyl (C=O) groups excluding carboxylic acids is 1. The summed E-state index contributed by atoms with van der Waals surface area (Å²) in [5, 5.41) is 9.29. The Labute approximate surface area is 155 Å². The smallest absolute Gasteiger partial charge is 0.307 e. The van der Waals surface area contributed by atoms with E-state index in [2.05, 4.69) is 43.0 Å². The zero-order valence-corrected chi connectivity index (χ0v) is 15.7. The van der Waals surface area contributed by atoms with Crippen LogP contribution in [0.2, 0.25) is 0 Å². The summed E-state index contributed by atoms with van der Waals surface area (Å²) >= 11 is 0. The highest BCUT2D eigenvalue weighted by Crippen LogP contribution is 2.22. The molecule has 2 heterocycles. The number of benzene rings is 1. The van der Waals surface area contributed by atoms with E-state index in [0.717, 1.165) is 32.7 Å². The second-order valence-electron chi connectivity index (χ2n) is 7.78. The molecule has 0 bridgehead atoms. The Bertz CT molecular complexity index is 655. The molecule has 2 fully saturated rings. The van der Waals surface area contributed by atoms with Crippen LogP contribution >= 0.6 is 0 Å². The molecular weight excluding hydrogens is 330 g/mol. The second kappa shape index (κ2) is 8.08. The SMILES string of the molecule is Cc1cccc(N2CCN(C(=O)CN3CC(C)CC(C(=O)O)C3)CC2)c1. The van der Waals surface area contributed by atoms with Gasteiger partial charge in [0.25, 0.3) is 0 Å². The number of rotatable bonds is 4. The average Bonchev–Trinajstić information content (AvgIpc) is 2.61. The lowest BCUT2D eigenvalue weighted by atomic mass is 9.90. The van der Waals surface area contributed by atoms with Gasteiger partial charge < -0.3 is 14.9 Å². The minimum Gasteiger partial charge on any atom is -0.481 e. The molecule has 1 aromatic carbocycles. The number of likely N-dealkylation sites (tertiary alicyclic amines) is 1. The molecule has 26 heavy (non-hydrogen) atoms. The van der Waals surface area contributed by atoms with Crippen LogP contribution in [0.5, 0.6) is 0 Å². The van der Waals surface area contributed by atoms with E-state index in [9.17, 15) is 14.7 Å². The lowest BCUT2D eigenvalue weighted by molar-refractivity contribution is -0.145. The Balaban J connectivity index is 1.51. The van der Waals surface area contributed by atoms with Crippen LogP contribution in [-0.2, 0) is 9.59 Å². The Morgan fingerprint density at radius 2 is 1.88 bits per heavy atom. The van der Waals surface area contributed by atoms with Gasteiger partial charge in [0.2, 0.25) is 5.91 Å². The number of nitrogens with zero attached hydrogens (tertiary/aromatic N) is 3. The van der Waals surface area contributed by atoms with Gasteiger partial charge in [-0.25, -0.2) is 0 Å². The molecule has 1 N–H and O–H groups in total. The van der Waals surface area contributed by atoms with Crippen LogP contribution in [0, 0.1) is 18.8 Å². The van der Waals surface area contributed by atoms with E-state index in [4.69, 9.17) is 0 Å². The van der Waals surface area contributed by atoms with Gasteiger partial charge in [-0.1, -0.05) is 19.1 Å². The molecule has 2 atom stereocenters. The summed E-state index contributed by atoms with van der Waals surface area (Å²) in [6.07, 6.45) is 0.704. The maximum absolute atomic E-state index is 12.7. The van der Waals surface area contributed by atoms with Gasteiger partial charge in [-0.2, -0.15) is 0 Å². The molecule has 1 aromatic rings. The fourth-order valence-electron chi connectivity index (χ4n) is 4.10. The van der Waals surface area contributed by atoms with E-state index in [-0.39, 0.29) is 11.8 Å². The van der Waals surface area contributed by atoms with Crippen molar-refractivity contribution in [3.63, 3.8) is 0 Å². The molecule has 2 aliphatic heterocycles. The number of anilines is 1. The van der Waals surface area contributed by atoms with Crippen LogP contribution in [0.15, 0.2) is 24.3 Å². The number of carboxylic acid groups (broad SMARTS) is 1. The van der Waals surface area contributed by atoms with E-state index in [1.54, 1.807) is 0 Å². The predicted octanol–water partition coefficient (Wildman–Crippen LogP) is 1.69. The number of aliphatic carboxylic acids is 1. The molecule has 2 aliphatic rings. The van der Waals surface area contributed by atoms with Crippen molar-refractivity contribution in [2.24, 2.45) is 11.8 Å². The fraction of sp³-hybridized carbons (Fsp3) is 0.600. The number of aryl methyl sites for hydroxylation is 1. The first kappa shape index (κ1) is 18.7. The van der Waals surface area contributed by atoms with Crippen molar-refractivity contribution in [2.75, 3.05) is 50.7 Å². The van der Waals surface area contributed by atoms with Gasteiger partial charge in [-0.3, -0.25) is 14.5 Å². The molecule has 3 rings (SSSR count). The largest absolute Gasteiger partial charge is 0.481 e. The summed E-state index contributed by atoms with van der Waals surface area (Å²) in [6.45, 7) is 8.89. The second-order valence-corrected chi connectivity index (χ2v) is 7.78. The topological polar surface area (TPSA) is 64.1 Å². The molecule has 142 valence electrons. The summed E-state index contributed by atoms with van der Waals surface area (Å²) in [6, 6.07) is 8.45.